The molecule has 0 aromatic carbocycles. The Morgan fingerprint density at radius 2 is 1.97 bits per heavy atom. The Kier molecular flexibility index (Phi) is 9.24. The minimum atomic E-state index is -0.961. The van der Waals surface area contributed by atoms with Gasteiger partial charge in [0.1, 0.15) is 12.2 Å². The molecular weight excluding hydrogens is 428 g/mol. The van der Waals surface area contributed by atoms with E-state index >= 15 is 0 Å². The van der Waals surface area contributed by atoms with Crippen molar-refractivity contribution in [3.05, 3.63) is 35.5 Å². The zero-order valence-electron chi connectivity index (χ0n) is 21.8. The summed E-state index contributed by atoms with van der Waals surface area (Å²) in [6, 6.07) is 0. The molecule has 3 aliphatic carbocycles. The van der Waals surface area contributed by atoms with E-state index in [2.05, 4.69) is 32.6 Å². The van der Waals surface area contributed by atoms with Crippen LogP contribution < -0.4 is 0 Å². The first kappa shape index (κ1) is 27.6. The van der Waals surface area contributed by atoms with E-state index in [1.807, 2.05) is 13.8 Å². The summed E-state index contributed by atoms with van der Waals surface area (Å²) < 4.78 is 5.45. The Bertz CT molecular complexity index is 763. The third-order valence-corrected chi connectivity index (χ3v) is 8.96. The standard InChI is InChI=1S/C29H48O5/c1-19(8-6-14-28(3,4)33)23-12-13-24-21(9-7-15-29(23,24)5)10-11-22-18-25(31)27(34-17-16-30)26(32)20(22)2/h10-11,19,23-27,30-33H,2,6-9,12-18H2,1,3-5H3/b21-10?,22-11-/t19-,23-,24?,25-,26+,27+,29-/m1/s1. The summed E-state index contributed by atoms with van der Waals surface area (Å²) in [7, 11) is 0. The normalized spacial score (nSPS) is 37.9. The van der Waals surface area contributed by atoms with Gasteiger partial charge in [-0.15, -0.1) is 0 Å². The lowest BCUT2D eigenvalue weighted by Crippen LogP contribution is -2.45. The molecule has 0 radical (unpaired) electrons. The highest BCUT2D eigenvalue weighted by Gasteiger charge is 2.50. The number of fused-ring (bicyclic) bond motifs is 1. The summed E-state index contributed by atoms with van der Waals surface area (Å²) in [5.41, 5.74) is 2.74. The molecule has 4 N–H and O–H groups in total. The zero-order chi connectivity index (χ0) is 25.1. The van der Waals surface area contributed by atoms with Crippen LogP contribution in [0.25, 0.3) is 0 Å². The van der Waals surface area contributed by atoms with Crippen LogP contribution in [0, 0.1) is 23.2 Å². The Hall–Kier alpha value is -0.980. The number of hydrogen-bond donors (Lipinski definition) is 4. The zero-order valence-corrected chi connectivity index (χ0v) is 21.8. The van der Waals surface area contributed by atoms with Gasteiger partial charge in [-0.1, -0.05) is 51.0 Å². The Balaban J connectivity index is 1.69. The fourth-order valence-corrected chi connectivity index (χ4v) is 7.12. The van der Waals surface area contributed by atoms with Gasteiger partial charge >= 0.3 is 0 Å². The van der Waals surface area contributed by atoms with Crippen molar-refractivity contribution in [2.24, 2.45) is 23.2 Å². The largest absolute Gasteiger partial charge is 0.394 e. The van der Waals surface area contributed by atoms with Gasteiger partial charge in [0.05, 0.1) is 24.9 Å². The predicted octanol–water partition coefficient (Wildman–Crippen LogP) is 4.69. The summed E-state index contributed by atoms with van der Waals surface area (Å²) in [4.78, 5) is 0. The van der Waals surface area contributed by atoms with E-state index in [0.717, 1.165) is 24.8 Å². The molecule has 0 amide bonds. The molecule has 0 spiro atoms. The van der Waals surface area contributed by atoms with Crippen LogP contribution >= 0.6 is 0 Å². The molecule has 1 unspecified atom stereocenters. The van der Waals surface area contributed by atoms with E-state index in [1.54, 1.807) is 0 Å². The van der Waals surface area contributed by atoms with Crippen LogP contribution in [0.5, 0.6) is 0 Å². The number of aliphatic hydroxyl groups excluding tert-OH is 3. The molecule has 5 heteroatoms. The summed E-state index contributed by atoms with van der Waals surface area (Å²) in [6.07, 6.45) is 11.4. The molecule has 0 aliphatic heterocycles. The van der Waals surface area contributed by atoms with E-state index < -0.39 is 23.9 Å². The van der Waals surface area contributed by atoms with Crippen LogP contribution in [0.1, 0.15) is 85.5 Å². The minimum Gasteiger partial charge on any atom is -0.394 e. The molecule has 0 aromatic heterocycles. The maximum absolute atomic E-state index is 10.6. The lowest BCUT2D eigenvalue weighted by molar-refractivity contribution is -0.101. The lowest BCUT2D eigenvalue weighted by atomic mass is 9.60. The van der Waals surface area contributed by atoms with Gasteiger partial charge in [-0.25, -0.2) is 0 Å². The van der Waals surface area contributed by atoms with Crippen molar-refractivity contribution < 1.29 is 25.2 Å². The summed E-state index contributed by atoms with van der Waals surface area (Å²) in [6.45, 7) is 12.7. The quantitative estimate of drug-likeness (QED) is 0.388. The average molecular weight is 477 g/mol. The van der Waals surface area contributed by atoms with Crippen molar-refractivity contribution in [3.8, 4) is 0 Å². The van der Waals surface area contributed by atoms with Gasteiger partial charge < -0.3 is 25.2 Å². The second-order valence-electron chi connectivity index (χ2n) is 12.0. The van der Waals surface area contributed by atoms with E-state index in [4.69, 9.17) is 9.84 Å². The van der Waals surface area contributed by atoms with Crippen molar-refractivity contribution in [2.45, 2.75) is 109 Å². The smallest absolute Gasteiger partial charge is 0.114 e. The maximum atomic E-state index is 10.6. The molecule has 5 nitrogen and oxygen atoms in total. The monoisotopic (exact) mass is 476 g/mol. The number of hydrogen-bond acceptors (Lipinski definition) is 5. The highest BCUT2D eigenvalue weighted by Crippen LogP contribution is 2.60. The molecule has 3 fully saturated rings. The van der Waals surface area contributed by atoms with Crippen LogP contribution in [-0.4, -0.2) is 57.6 Å². The van der Waals surface area contributed by atoms with Crippen LogP contribution in [0.3, 0.4) is 0 Å². The summed E-state index contributed by atoms with van der Waals surface area (Å²) >= 11 is 0. The number of allylic oxidation sites excluding steroid dienone is 3. The molecular formula is C29H48O5. The van der Waals surface area contributed by atoms with Gasteiger partial charge in [-0.05, 0) is 86.7 Å². The van der Waals surface area contributed by atoms with Gasteiger partial charge in [-0.2, -0.15) is 0 Å². The van der Waals surface area contributed by atoms with E-state index in [9.17, 15) is 15.3 Å². The third-order valence-electron chi connectivity index (χ3n) is 8.96. The highest BCUT2D eigenvalue weighted by atomic mass is 16.5. The Labute approximate surface area is 206 Å². The molecule has 3 aliphatic rings. The molecule has 194 valence electrons. The van der Waals surface area contributed by atoms with Gasteiger partial charge in [-0.3, -0.25) is 0 Å². The molecule has 3 rings (SSSR count). The molecule has 34 heavy (non-hydrogen) atoms. The fraction of sp³-hybridized carbons (Fsp3) is 0.793. The Morgan fingerprint density at radius 3 is 2.65 bits per heavy atom. The molecule has 0 heterocycles. The number of ether oxygens (including phenoxy) is 1. The van der Waals surface area contributed by atoms with Crippen LogP contribution in [0.2, 0.25) is 0 Å². The van der Waals surface area contributed by atoms with E-state index in [0.29, 0.717) is 35.2 Å². The first-order valence-corrected chi connectivity index (χ1v) is 13.4. The number of rotatable bonds is 9. The molecule has 3 saturated carbocycles. The Morgan fingerprint density at radius 1 is 1.24 bits per heavy atom. The van der Waals surface area contributed by atoms with Crippen LogP contribution in [-0.2, 0) is 4.74 Å². The van der Waals surface area contributed by atoms with Crippen molar-refractivity contribution in [1.82, 2.24) is 0 Å². The topological polar surface area (TPSA) is 90.2 Å². The van der Waals surface area contributed by atoms with Crippen LogP contribution in [0.4, 0.5) is 0 Å². The van der Waals surface area contributed by atoms with E-state index in [-0.39, 0.29) is 13.2 Å². The maximum Gasteiger partial charge on any atom is 0.114 e. The van der Waals surface area contributed by atoms with E-state index in [1.165, 1.54) is 37.7 Å². The van der Waals surface area contributed by atoms with Crippen molar-refractivity contribution in [1.29, 1.82) is 0 Å². The van der Waals surface area contributed by atoms with Crippen molar-refractivity contribution in [2.75, 3.05) is 13.2 Å². The minimum absolute atomic E-state index is 0.0901. The van der Waals surface area contributed by atoms with Gasteiger partial charge in [0.25, 0.3) is 0 Å². The second-order valence-corrected chi connectivity index (χ2v) is 12.0. The first-order chi connectivity index (χ1) is 16.0. The highest BCUT2D eigenvalue weighted by molar-refractivity contribution is 5.40. The molecule has 0 saturated heterocycles. The summed E-state index contributed by atoms with van der Waals surface area (Å²) in [5.74, 6) is 1.97. The van der Waals surface area contributed by atoms with Crippen LogP contribution in [0.15, 0.2) is 35.5 Å². The molecule has 0 bridgehead atoms. The molecule has 0 aromatic rings. The van der Waals surface area contributed by atoms with Crippen molar-refractivity contribution in [3.63, 3.8) is 0 Å². The average Bonchev–Trinajstić information content (AvgIpc) is 3.12. The SMILES string of the molecule is C=C1/C(=C\C=C2CCC[C@@]3(C)C2CC[C@@H]3[C@H](C)CCCC(C)(C)O)C[C@@H](O)[C@H](OCCO)[C@H]1O. The predicted molar refractivity (Wildman–Crippen MR) is 136 cm³/mol. The fourth-order valence-electron chi connectivity index (χ4n) is 7.12. The lowest BCUT2D eigenvalue weighted by Gasteiger charge is -2.44. The third kappa shape index (κ3) is 6.22. The molecule has 7 atom stereocenters. The number of aliphatic hydroxyl groups is 4. The van der Waals surface area contributed by atoms with Gasteiger partial charge in [0, 0.05) is 6.42 Å². The summed E-state index contributed by atoms with van der Waals surface area (Å²) in [5, 5.41) is 40.2. The van der Waals surface area contributed by atoms with Crippen molar-refractivity contribution >= 4 is 0 Å². The van der Waals surface area contributed by atoms with Gasteiger partial charge in [0.2, 0.25) is 0 Å². The van der Waals surface area contributed by atoms with Gasteiger partial charge in [0.15, 0.2) is 0 Å². The first-order valence-electron chi connectivity index (χ1n) is 13.4. The second kappa shape index (κ2) is 11.4.